The lowest BCUT2D eigenvalue weighted by Crippen LogP contribution is -2.06. The van der Waals surface area contributed by atoms with Gasteiger partial charge in [-0.25, -0.2) is 0 Å². The summed E-state index contributed by atoms with van der Waals surface area (Å²) >= 11 is 1.88. The lowest BCUT2D eigenvalue weighted by atomic mass is 10.1. The molecule has 14 heavy (non-hydrogen) atoms. The summed E-state index contributed by atoms with van der Waals surface area (Å²) in [5.74, 6) is 2.13. The van der Waals surface area contributed by atoms with Crippen LogP contribution in [0.1, 0.15) is 0 Å². The van der Waals surface area contributed by atoms with Crippen molar-refractivity contribution >= 4 is 22.5 Å². The van der Waals surface area contributed by atoms with Gasteiger partial charge in [0.1, 0.15) is 5.75 Å². The summed E-state index contributed by atoms with van der Waals surface area (Å²) in [6, 6.07) is 12.7. The van der Waals surface area contributed by atoms with Gasteiger partial charge in [-0.1, -0.05) is 30.3 Å². The van der Waals surface area contributed by atoms with Crippen molar-refractivity contribution in [2.45, 2.75) is 4.90 Å². The van der Waals surface area contributed by atoms with E-state index in [0.717, 1.165) is 18.1 Å². The van der Waals surface area contributed by atoms with Crippen molar-refractivity contribution in [2.75, 3.05) is 12.4 Å². The van der Waals surface area contributed by atoms with Crippen LogP contribution in [-0.4, -0.2) is 12.4 Å². The lowest BCUT2D eigenvalue weighted by molar-refractivity contribution is 0.334. The molecule has 1 aliphatic heterocycles. The highest BCUT2D eigenvalue weighted by atomic mass is 32.2. The molecule has 1 aliphatic rings. The maximum Gasteiger partial charge on any atom is 0.140 e. The number of hydrogen-bond donors (Lipinski definition) is 0. The maximum absolute atomic E-state index is 5.72. The van der Waals surface area contributed by atoms with Crippen LogP contribution in [0.5, 0.6) is 5.75 Å². The Balaban J connectivity index is 2.34. The number of thioether (sulfide) groups is 1. The normalized spacial score (nSPS) is 14.9. The van der Waals surface area contributed by atoms with Crippen LogP contribution >= 0.6 is 11.8 Å². The van der Waals surface area contributed by atoms with Crippen molar-refractivity contribution < 1.29 is 4.74 Å². The summed E-state index contributed by atoms with van der Waals surface area (Å²) in [6.45, 7) is 0.825. The Hall–Kier alpha value is -1.15. The van der Waals surface area contributed by atoms with E-state index in [9.17, 15) is 0 Å². The van der Waals surface area contributed by atoms with Crippen molar-refractivity contribution in [2.24, 2.45) is 0 Å². The van der Waals surface area contributed by atoms with Crippen LogP contribution in [0.25, 0.3) is 10.8 Å². The van der Waals surface area contributed by atoms with E-state index in [-0.39, 0.29) is 0 Å². The van der Waals surface area contributed by atoms with Crippen LogP contribution in [-0.2, 0) is 0 Å². The molecule has 0 aliphatic carbocycles. The van der Waals surface area contributed by atoms with Gasteiger partial charge in [0.15, 0.2) is 0 Å². The fraction of sp³-hybridized carbons (Fsp3) is 0.167. The number of rotatable bonds is 0. The van der Waals surface area contributed by atoms with Gasteiger partial charge in [-0.15, -0.1) is 11.8 Å². The van der Waals surface area contributed by atoms with E-state index in [0.29, 0.717) is 0 Å². The molecule has 0 amide bonds. The second-order valence-corrected chi connectivity index (χ2v) is 4.45. The average molecular weight is 202 g/mol. The number of benzene rings is 2. The van der Waals surface area contributed by atoms with Crippen LogP contribution in [0.4, 0.5) is 0 Å². The second-order valence-electron chi connectivity index (χ2n) is 3.31. The third-order valence-corrected chi connectivity index (χ3v) is 3.43. The van der Waals surface area contributed by atoms with Crippen molar-refractivity contribution in [3.63, 3.8) is 0 Å². The van der Waals surface area contributed by atoms with E-state index >= 15 is 0 Å². The summed E-state index contributed by atoms with van der Waals surface area (Å²) in [6.07, 6.45) is 0. The van der Waals surface area contributed by atoms with Crippen LogP contribution in [0, 0.1) is 0 Å². The molecular weight excluding hydrogens is 192 g/mol. The lowest BCUT2D eigenvalue weighted by Gasteiger charge is -2.18. The summed E-state index contributed by atoms with van der Waals surface area (Å²) in [5, 5.41) is 2.49. The first-order valence-corrected chi connectivity index (χ1v) is 5.71. The molecule has 0 spiro atoms. The van der Waals surface area contributed by atoms with Crippen molar-refractivity contribution in [1.82, 2.24) is 0 Å². The molecule has 2 heteroatoms. The van der Waals surface area contributed by atoms with Gasteiger partial charge in [0.25, 0.3) is 0 Å². The van der Waals surface area contributed by atoms with Gasteiger partial charge >= 0.3 is 0 Å². The molecule has 70 valence electrons. The topological polar surface area (TPSA) is 9.23 Å². The molecule has 2 aromatic rings. The molecule has 0 atom stereocenters. The summed E-state index contributed by atoms with van der Waals surface area (Å²) in [4.78, 5) is 1.27. The second kappa shape index (κ2) is 3.21. The van der Waals surface area contributed by atoms with Gasteiger partial charge in [0, 0.05) is 11.1 Å². The maximum atomic E-state index is 5.72. The Labute approximate surface area is 87.1 Å². The predicted octanol–water partition coefficient (Wildman–Crippen LogP) is 3.32. The molecule has 0 unspecified atom stereocenters. The van der Waals surface area contributed by atoms with E-state index in [2.05, 4.69) is 36.4 Å². The van der Waals surface area contributed by atoms with Gasteiger partial charge in [-0.05, 0) is 11.5 Å². The minimum Gasteiger partial charge on any atom is -0.491 e. The molecule has 0 bridgehead atoms. The minimum atomic E-state index is 0.825. The number of ether oxygens (including phenoxy) is 1. The molecule has 0 saturated carbocycles. The molecule has 1 nitrogen and oxygen atoms in total. The van der Waals surface area contributed by atoms with Crippen molar-refractivity contribution in [3.05, 3.63) is 36.4 Å². The molecule has 1 heterocycles. The van der Waals surface area contributed by atoms with Crippen LogP contribution < -0.4 is 4.74 Å². The van der Waals surface area contributed by atoms with Gasteiger partial charge in [0.05, 0.1) is 11.5 Å². The van der Waals surface area contributed by atoms with E-state index in [4.69, 9.17) is 4.74 Å². The minimum absolute atomic E-state index is 0.825. The third kappa shape index (κ3) is 1.18. The quantitative estimate of drug-likeness (QED) is 0.648. The molecule has 0 radical (unpaired) electrons. The van der Waals surface area contributed by atoms with Crippen LogP contribution in [0.15, 0.2) is 41.3 Å². The molecule has 0 N–H and O–H groups in total. The zero-order chi connectivity index (χ0) is 9.38. The highest BCUT2D eigenvalue weighted by Gasteiger charge is 2.13. The first-order chi connectivity index (χ1) is 6.95. The monoisotopic (exact) mass is 202 g/mol. The zero-order valence-electron chi connectivity index (χ0n) is 7.69. The number of hydrogen-bond acceptors (Lipinski definition) is 2. The Morgan fingerprint density at radius 3 is 3.00 bits per heavy atom. The molecule has 0 fully saturated rings. The van der Waals surface area contributed by atoms with Gasteiger partial charge in [0.2, 0.25) is 0 Å². The smallest absolute Gasteiger partial charge is 0.140 e. The summed E-state index contributed by atoms with van der Waals surface area (Å²) in [7, 11) is 0. The summed E-state index contributed by atoms with van der Waals surface area (Å²) < 4.78 is 5.72. The largest absolute Gasteiger partial charge is 0.491 e. The molecular formula is C12H10OS. The van der Waals surface area contributed by atoms with E-state index < -0.39 is 0 Å². The van der Waals surface area contributed by atoms with Crippen LogP contribution in [0.2, 0.25) is 0 Å². The zero-order valence-corrected chi connectivity index (χ0v) is 8.51. The van der Waals surface area contributed by atoms with E-state index in [1.54, 1.807) is 0 Å². The molecule has 0 saturated heterocycles. The molecule has 2 aromatic carbocycles. The Morgan fingerprint density at radius 1 is 1.07 bits per heavy atom. The first-order valence-electron chi connectivity index (χ1n) is 4.72. The van der Waals surface area contributed by atoms with Crippen molar-refractivity contribution in [1.29, 1.82) is 0 Å². The van der Waals surface area contributed by atoms with Crippen molar-refractivity contribution in [3.8, 4) is 5.75 Å². The van der Waals surface area contributed by atoms with Gasteiger partial charge in [-0.2, -0.15) is 0 Å². The Morgan fingerprint density at radius 2 is 2.00 bits per heavy atom. The summed E-state index contributed by atoms with van der Waals surface area (Å²) in [5.41, 5.74) is 0. The Bertz CT molecular complexity index is 479. The van der Waals surface area contributed by atoms with E-state index in [1.165, 1.54) is 15.7 Å². The fourth-order valence-corrected chi connectivity index (χ4v) is 2.63. The molecule has 3 rings (SSSR count). The fourth-order valence-electron chi connectivity index (χ4n) is 1.78. The van der Waals surface area contributed by atoms with Gasteiger partial charge < -0.3 is 4.74 Å². The van der Waals surface area contributed by atoms with Crippen LogP contribution in [0.3, 0.4) is 0 Å². The van der Waals surface area contributed by atoms with E-state index in [1.807, 2.05) is 11.8 Å². The predicted molar refractivity (Wildman–Crippen MR) is 60.2 cm³/mol. The highest BCUT2D eigenvalue weighted by Crippen LogP contribution is 2.38. The van der Waals surface area contributed by atoms with Gasteiger partial charge in [-0.3, -0.25) is 0 Å². The Kier molecular flexibility index (Phi) is 1.88. The standard InChI is InChI=1S/C12H10OS/c1-2-4-10-9(3-1)5-6-11-12(10)13-7-8-14-11/h1-6H,7-8H2. The molecule has 0 aromatic heterocycles. The highest BCUT2D eigenvalue weighted by molar-refractivity contribution is 7.99. The third-order valence-electron chi connectivity index (χ3n) is 2.43. The SMILES string of the molecule is c1ccc2c3c(ccc2c1)SCCO3. The number of fused-ring (bicyclic) bond motifs is 3. The first kappa shape index (κ1) is 8.18. The average Bonchev–Trinajstić information content (AvgIpc) is 2.29.